The molecular weight excluding hydrogens is 237 g/mol. The Hall–Kier alpha value is -1.75. The van der Waals surface area contributed by atoms with Crippen molar-refractivity contribution in [3.8, 4) is 0 Å². The van der Waals surface area contributed by atoms with E-state index in [0.717, 1.165) is 5.56 Å². The van der Waals surface area contributed by atoms with Gasteiger partial charge in [0.05, 0.1) is 13.1 Å². The fourth-order valence-electron chi connectivity index (χ4n) is 1.93. The second-order valence-electron chi connectivity index (χ2n) is 4.44. The maximum absolute atomic E-state index is 13.5. The Balaban J connectivity index is 2.19. The van der Waals surface area contributed by atoms with Crippen molar-refractivity contribution < 1.29 is 18.7 Å². The van der Waals surface area contributed by atoms with Gasteiger partial charge >= 0.3 is 11.9 Å². The predicted octanol–water partition coefficient (Wildman–Crippen LogP) is 1.58. The first-order valence-electron chi connectivity index (χ1n) is 5.71. The molecule has 4 nitrogen and oxygen atoms in total. The lowest BCUT2D eigenvalue weighted by molar-refractivity contribution is -0.167. The number of nitrogens with zero attached hydrogens (tertiary/aromatic N) is 1. The van der Waals surface area contributed by atoms with Crippen LogP contribution in [-0.4, -0.2) is 29.9 Å². The van der Waals surface area contributed by atoms with Crippen LogP contribution in [0, 0.1) is 12.7 Å². The summed E-state index contributed by atoms with van der Waals surface area (Å²) in [4.78, 5) is 24.0. The SMILES string of the molecule is Cc1ccc(C(C)N2CC(=O)OC(=O)C2)cc1F. The summed E-state index contributed by atoms with van der Waals surface area (Å²) in [6, 6.07) is 4.71. The van der Waals surface area contributed by atoms with Crippen molar-refractivity contribution in [1.29, 1.82) is 0 Å². The first-order valence-corrected chi connectivity index (χ1v) is 5.71. The van der Waals surface area contributed by atoms with Gasteiger partial charge in [-0.15, -0.1) is 0 Å². The van der Waals surface area contributed by atoms with E-state index in [9.17, 15) is 14.0 Å². The highest BCUT2D eigenvalue weighted by Gasteiger charge is 2.28. The molecule has 0 radical (unpaired) electrons. The number of ether oxygens (including phenoxy) is 1. The number of benzene rings is 1. The largest absolute Gasteiger partial charge is 0.391 e. The van der Waals surface area contributed by atoms with Crippen LogP contribution in [0.15, 0.2) is 18.2 Å². The highest BCUT2D eigenvalue weighted by Crippen LogP contribution is 2.23. The van der Waals surface area contributed by atoms with Crippen molar-refractivity contribution in [1.82, 2.24) is 4.90 Å². The molecule has 1 fully saturated rings. The van der Waals surface area contributed by atoms with Crippen LogP contribution in [0.3, 0.4) is 0 Å². The van der Waals surface area contributed by atoms with Crippen LogP contribution < -0.4 is 0 Å². The monoisotopic (exact) mass is 251 g/mol. The van der Waals surface area contributed by atoms with Crippen LogP contribution in [0.2, 0.25) is 0 Å². The Bertz CT molecular complexity index is 485. The Morgan fingerprint density at radius 2 is 1.89 bits per heavy atom. The van der Waals surface area contributed by atoms with Crippen LogP contribution in [0.5, 0.6) is 0 Å². The number of aryl methyl sites for hydroxylation is 1. The van der Waals surface area contributed by atoms with Crippen molar-refractivity contribution in [2.45, 2.75) is 19.9 Å². The quantitative estimate of drug-likeness (QED) is 0.591. The predicted molar refractivity (Wildman–Crippen MR) is 62.2 cm³/mol. The van der Waals surface area contributed by atoms with Crippen molar-refractivity contribution >= 4 is 11.9 Å². The molecule has 0 bridgehead atoms. The van der Waals surface area contributed by atoms with Gasteiger partial charge in [0.2, 0.25) is 0 Å². The maximum atomic E-state index is 13.5. The van der Waals surface area contributed by atoms with Gasteiger partial charge in [-0.05, 0) is 31.0 Å². The molecule has 1 aromatic carbocycles. The molecule has 1 aliphatic rings. The molecule has 1 aromatic rings. The summed E-state index contributed by atoms with van der Waals surface area (Å²) in [6.45, 7) is 3.60. The number of morpholine rings is 1. The van der Waals surface area contributed by atoms with E-state index in [0.29, 0.717) is 5.56 Å². The molecule has 1 aliphatic heterocycles. The third kappa shape index (κ3) is 2.56. The van der Waals surface area contributed by atoms with E-state index >= 15 is 0 Å². The Kier molecular flexibility index (Phi) is 3.43. The van der Waals surface area contributed by atoms with Gasteiger partial charge in [0, 0.05) is 6.04 Å². The maximum Gasteiger partial charge on any atom is 0.327 e. The first-order chi connectivity index (χ1) is 8.47. The fraction of sp³-hybridized carbons (Fsp3) is 0.385. The highest BCUT2D eigenvalue weighted by atomic mass is 19.1. The van der Waals surface area contributed by atoms with E-state index in [1.54, 1.807) is 24.0 Å². The van der Waals surface area contributed by atoms with Crippen LogP contribution in [0.25, 0.3) is 0 Å². The normalized spacial score (nSPS) is 18.6. The average Bonchev–Trinajstić information content (AvgIpc) is 2.30. The number of rotatable bonds is 2. The number of halogens is 1. The van der Waals surface area contributed by atoms with Gasteiger partial charge in [0.1, 0.15) is 5.82 Å². The molecule has 0 aromatic heterocycles. The van der Waals surface area contributed by atoms with E-state index in [1.165, 1.54) is 6.07 Å². The van der Waals surface area contributed by atoms with Gasteiger partial charge in [-0.3, -0.25) is 14.5 Å². The van der Waals surface area contributed by atoms with E-state index in [2.05, 4.69) is 4.74 Å². The number of esters is 2. The molecule has 0 amide bonds. The summed E-state index contributed by atoms with van der Waals surface area (Å²) < 4.78 is 17.9. The van der Waals surface area contributed by atoms with Crippen molar-refractivity contribution in [2.24, 2.45) is 0 Å². The van der Waals surface area contributed by atoms with E-state index in [1.807, 2.05) is 6.92 Å². The molecule has 0 N–H and O–H groups in total. The molecule has 2 rings (SSSR count). The Morgan fingerprint density at radius 3 is 2.44 bits per heavy atom. The highest BCUT2D eigenvalue weighted by molar-refractivity contribution is 5.90. The van der Waals surface area contributed by atoms with Gasteiger partial charge in [-0.2, -0.15) is 0 Å². The van der Waals surface area contributed by atoms with E-state index < -0.39 is 11.9 Å². The summed E-state index contributed by atoms with van der Waals surface area (Å²) in [5.41, 5.74) is 1.31. The first kappa shape index (κ1) is 12.7. The Morgan fingerprint density at radius 1 is 1.28 bits per heavy atom. The van der Waals surface area contributed by atoms with Gasteiger partial charge in [-0.1, -0.05) is 12.1 Å². The lowest BCUT2D eigenvalue weighted by Crippen LogP contribution is -2.44. The van der Waals surface area contributed by atoms with Crippen LogP contribution in [0.1, 0.15) is 24.1 Å². The molecular formula is C13H14FNO3. The molecule has 1 atom stereocenters. The average molecular weight is 251 g/mol. The minimum atomic E-state index is -0.564. The van der Waals surface area contributed by atoms with Crippen LogP contribution in [0.4, 0.5) is 4.39 Å². The minimum Gasteiger partial charge on any atom is -0.391 e. The second kappa shape index (κ2) is 4.86. The van der Waals surface area contributed by atoms with Crippen molar-refractivity contribution in [3.05, 3.63) is 35.1 Å². The van der Waals surface area contributed by atoms with Crippen molar-refractivity contribution in [2.75, 3.05) is 13.1 Å². The zero-order chi connectivity index (χ0) is 13.3. The molecule has 1 saturated heterocycles. The summed E-state index contributed by atoms with van der Waals surface area (Å²) in [5, 5.41) is 0. The molecule has 0 spiro atoms. The minimum absolute atomic E-state index is 0.0440. The molecule has 1 heterocycles. The third-order valence-electron chi connectivity index (χ3n) is 3.12. The summed E-state index contributed by atoms with van der Waals surface area (Å²) >= 11 is 0. The van der Waals surface area contributed by atoms with Crippen LogP contribution >= 0.6 is 0 Å². The number of carbonyl (C=O) groups is 2. The summed E-state index contributed by atoms with van der Waals surface area (Å²) in [6.07, 6.45) is 0. The smallest absolute Gasteiger partial charge is 0.327 e. The number of cyclic esters (lactones) is 2. The lowest BCUT2D eigenvalue weighted by atomic mass is 10.0. The molecule has 18 heavy (non-hydrogen) atoms. The van der Waals surface area contributed by atoms with E-state index in [-0.39, 0.29) is 24.9 Å². The van der Waals surface area contributed by atoms with Gasteiger partial charge in [0.25, 0.3) is 0 Å². The number of hydrogen-bond donors (Lipinski definition) is 0. The topological polar surface area (TPSA) is 46.6 Å². The fourth-order valence-corrected chi connectivity index (χ4v) is 1.93. The number of hydrogen-bond acceptors (Lipinski definition) is 4. The third-order valence-corrected chi connectivity index (χ3v) is 3.12. The molecule has 1 unspecified atom stereocenters. The molecule has 96 valence electrons. The number of carbonyl (C=O) groups excluding carboxylic acids is 2. The summed E-state index contributed by atoms with van der Waals surface area (Å²) in [7, 11) is 0. The zero-order valence-electron chi connectivity index (χ0n) is 10.3. The molecule has 5 heteroatoms. The van der Waals surface area contributed by atoms with Crippen molar-refractivity contribution in [3.63, 3.8) is 0 Å². The lowest BCUT2D eigenvalue weighted by Gasteiger charge is -2.30. The zero-order valence-corrected chi connectivity index (χ0v) is 10.3. The van der Waals surface area contributed by atoms with Gasteiger partial charge in [0.15, 0.2) is 0 Å². The molecule has 0 saturated carbocycles. The standard InChI is InChI=1S/C13H14FNO3/c1-8-3-4-10(5-11(8)14)9(2)15-6-12(16)18-13(17)7-15/h3-5,9H,6-7H2,1-2H3. The van der Waals surface area contributed by atoms with Crippen LogP contribution in [-0.2, 0) is 14.3 Å². The van der Waals surface area contributed by atoms with Gasteiger partial charge in [-0.25, -0.2) is 4.39 Å². The Labute approximate surface area is 104 Å². The van der Waals surface area contributed by atoms with Gasteiger partial charge < -0.3 is 4.74 Å². The second-order valence-corrected chi connectivity index (χ2v) is 4.44. The molecule has 0 aliphatic carbocycles. The van der Waals surface area contributed by atoms with E-state index in [4.69, 9.17) is 0 Å². The summed E-state index contributed by atoms with van der Waals surface area (Å²) in [5.74, 6) is -1.42.